The van der Waals surface area contributed by atoms with E-state index in [2.05, 4.69) is 316 Å². The van der Waals surface area contributed by atoms with Gasteiger partial charge in [0, 0.05) is 132 Å². The summed E-state index contributed by atoms with van der Waals surface area (Å²) in [6.07, 6.45) is 0. The third kappa shape index (κ3) is 14.4. The molecule has 7 aromatic heterocycles. The van der Waals surface area contributed by atoms with Gasteiger partial charge in [-0.1, -0.05) is 370 Å². The van der Waals surface area contributed by atoms with Gasteiger partial charge in [0.25, 0.3) is 0 Å². The van der Waals surface area contributed by atoms with Gasteiger partial charge >= 0.3 is 0 Å². The molecule has 0 atom stereocenters. The second-order valence-corrected chi connectivity index (χ2v) is 33.9. The minimum absolute atomic E-state index is 0.629. The van der Waals surface area contributed by atoms with E-state index in [9.17, 15) is 0 Å². The average Bonchev–Trinajstić information content (AvgIpc) is 1.55. The molecule has 0 unspecified atom stereocenters. The molecular formula is C123H79N13. The van der Waals surface area contributed by atoms with Crippen LogP contribution < -0.4 is 0 Å². The quantitative estimate of drug-likeness (QED) is 0.111. The van der Waals surface area contributed by atoms with E-state index in [1.54, 1.807) is 0 Å². The molecule has 0 bridgehead atoms. The average molecular weight is 1740 g/mol. The van der Waals surface area contributed by atoms with Crippen molar-refractivity contribution in [3.8, 4) is 125 Å². The van der Waals surface area contributed by atoms with Gasteiger partial charge in [0.1, 0.15) is 0 Å². The Balaban J connectivity index is 0.000000110. The third-order valence-corrected chi connectivity index (χ3v) is 25.8. The summed E-state index contributed by atoms with van der Waals surface area (Å²) in [4.78, 5) is 44.3. The number of hydrogen-bond donors (Lipinski definition) is 0. The maximum absolute atomic E-state index is 5.06. The van der Waals surface area contributed by atoms with Crippen LogP contribution in [0.3, 0.4) is 0 Å². The summed E-state index contributed by atoms with van der Waals surface area (Å²) in [6.45, 7) is 0. The van der Waals surface area contributed by atoms with E-state index in [4.69, 9.17) is 44.9 Å². The molecule has 13 nitrogen and oxygen atoms in total. The van der Waals surface area contributed by atoms with Crippen molar-refractivity contribution in [2.45, 2.75) is 0 Å². The molecule has 20 aromatic carbocycles. The van der Waals surface area contributed by atoms with E-state index in [1.165, 1.54) is 114 Å². The van der Waals surface area contributed by atoms with Crippen molar-refractivity contribution >= 4 is 120 Å². The zero-order chi connectivity index (χ0) is 89.9. The van der Waals surface area contributed by atoms with Crippen LogP contribution in [0.15, 0.2) is 479 Å². The molecule has 7 heterocycles. The van der Waals surface area contributed by atoms with E-state index < -0.39 is 0 Å². The van der Waals surface area contributed by atoms with Crippen LogP contribution >= 0.6 is 0 Å². The van der Waals surface area contributed by atoms with Gasteiger partial charge in [0.2, 0.25) is 0 Å². The molecule has 0 spiro atoms. The van der Waals surface area contributed by atoms with Gasteiger partial charge in [-0.15, -0.1) is 0 Å². The smallest absolute Gasteiger partial charge is 0.164 e. The molecule has 0 fully saturated rings. The lowest BCUT2D eigenvalue weighted by Crippen LogP contribution is -2.01. The summed E-state index contributed by atoms with van der Waals surface area (Å²) in [5.74, 6) is 5.86. The molecule has 0 aliphatic carbocycles. The van der Waals surface area contributed by atoms with Crippen molar-refractivity contribution in [3.05, 3.63) is 479 Å². The molecule has 136 heavy (non-hydrogen) atoms. The predicted octanol–water partition coefficient (Wildman–Crippen LogP) is 30.5. The molecule has 0 saturated heterocycles. The Morgan fingerprint density at radius 3 is 0.728 bits per heavy atom. The van der Waals surface area contributed by atoms with E-state index in [0.717, 1.165) is 78.3 Å². The zero-order valence-corrected chi connectivity index (χ0v) is 73.4. The van der Waals surface area contributed by atoms with Gasteiger partial charge in [0.05, 0.1) is 44.1 Å². The Kier molecular flexibility index (Phi) is 19.9. The summed E-state index contributed by atoms with van der Waals surface area (Å²) in [5.41, 5.74) is 22.4. The normalized spacial score (nSPS) is 11.5. The standard InChI is InChI=1S/C49H31N5.2C37H24N4/c1-4-15-32(16-5-1)47-50-48(33-17-6-2-7-18-33)52-49(51-47)34-19-14-22-36(31-34)54-44-26-13-11-24-38(44)40-28-29-41-42(46(40)54)30-27-39-37-23-10-12-25-43(37)53(45(39)41)35-20-8-3-9-21-35;1-3-12-26(13-4-1)35-38-36(27-14-5-2-6-15-27)40-37(39-35)28-19-22-29(23-20-28)41-33-18-10-9-17-31(33)32-24-21-25-11-7-8-16-30(25)34(32)41;1-3-11-25(12-4-1)35-38-36(26-13-5-2-6-14-26)40-37(39-35)27-19-21-30(22-20-27)41-33-18-10-9-17-31(33)32-23-28-15-7-8-16-29(28)24-34(32)41/h1-31H;2*1-24H. The summed E-state index contributed by atoms with van der Waals surface area (Å²) >= 11 is 0. The van der Waals surface area contributed by atoms with E-state index in [0.29, 0.717) is 52.4 Å². The van der Waals surface area contributed by atoms with Crippen molar-refractivity contribution in [2.24, 2.45) is 0 Å². The van der Waals surface area contributed by atoms with E-state index >= 15 is 0 Å². The Morgan fingerprint density at radius 1 is 0.118 bits per heavy atom. The van der Waals surface area contributed by atoms with Gasteiger partial charge in [-0.2, -0.15) is 0 Å². The summed E-state index contributed by atoms with van der Waals surface area (Å²) in [6, 6.07) is 167. The van der Waals surface area contributed by atoms with E-state index in [-0.39, 0.29) is 0 Å². The highest BCUT2D eigenvalue weighted by atomic mass is 15.1. The summed E-state index contributed by atoms with van der Waals surface area (Å²) < 4.78 is 9.55. The third-order valence-electron chi connectivity index (χ3n) is 25.8. The molecule has 0 radical (unpaired) electrons. The first kappa shape index (κ1) is 79.6. The molecule has 27 rings (SSSR count). The minimum Gasteiger partial charge on any atom is -0.309 e. The lowest BCUT2D eigenvalue weighted by Gasteiger charge is -2.14. The monoisotopic (exact) mass is 1740 g/mol. The predicted molar refractivity (Wildman–Crippen MR) is 558 cm³/mol. The zero-order valence-electron chi connectivity index (χ0n) is 73.4. The van der Waals surface area contributed by atoms with Crippen molar-refractivity contribution < 1.29 is 0 Å². The molecule has 13 heteroatoms. The van der Waals surface area contributed by atoms with Crippen LogP contribution in [-0.4, -0.2) is 63.1 Å². The molecule has 636 valence electrons. The summed E-state index contributed by atoms with van der Waals surface area (Å²) in [7, 11) is 0. The van der Waals surface area contributed by atoms with Crippen molar-refractivity contribution in [3.63, 3.8) is 0 Å². The van der Waals surface area contributed by atoms with Crippen LogP contribution in [0.4, 0.5) is 0 Å². The maximum Gasteiger partial charge on any atom is 0.164 e. The molecule has 0 aliphatic heterocycles. The lowest BCUT2D eigenvalue weighted by atomic mass is 10.0. The number of nitrogens with zero attached hydrogens (tertiary/aromatic N) is 13. The molecule has 0 N–H and O–H groups in total. The van der Waals surface area contributed by atoms with Crippen molar-refractivity contribution in [1.29, 1.82) is 0 Å². The lowest BCUT2D eigenvalue weighted by molar-refractivity contribution is 1.07. The number of benzene rings is 20. The van der Waals surface area contributed by atoms with Crippen molar-refractivity contribution in [2.75, 3.05) is 0 Å². The molecule has 0 aliphatic rings. The van der Waals surface area contributed by atoms with Gasteiger partial charge in [0.15, 0.2) is 52.4 Å². The second-order valence-electron chi connectivity index (χ2n) is 33.9. The number of rotatable bonds is 13. The number of fused-ring (bicyclic) bond motifs is 18. The minimum atomic E-state index is 0.629. The van der Waals surface area contributed by atoms with Crippen LogP contribution in [0.2, 0.25) is 0 Å². The van der Waals surface area contributed by atoms with Crippen LogP contribution in [0.1, 0.15) is 0 Å². The van der Waals surface area contributed by atoms with Crippen molar-refractivity contribution in [1.82, 2.24) is 63.1 Å². The van der Waals surface area contributed by atoms with Gasteiger partial charge < -0.3 is 18.3 Å². The van der Waals surface area contributed by atoms with Gasteiger partial charge in [-0.3, -0.25) is 0 Å². The largest absolute Gasteiger partial charge is 0.309 e. The number of hydrogen-bond acceptors (Lipinski definition) is 9. The first-order valence-electron chi connectivity index (χ1n) is 45.6. The highest BCUT2D eigenvalue weighted by Crippen LogP contribution is 2.45. The number of aromatic nitrogens is 13. The summed E-state index contributed by atoms with van der Waals surface area (Å²) in [5, 5.41) is 17.2. The van der Waals surface area contributed by atoms with E-state index in [1.807, 2.05) is 182 Å². The molecule has 0 saturated carbocycles. The Bertz CT molecular complexity index is 9060. The van der Waals surface area contributed by atoms with Gasteiger partial charge in [-0.25, -0.2) is 44.9 Å². The fourth-order valence-electron chi connectivity index (χ4n) is 19.5. The second kappa shape index (κ2) is 34.0. The molecule has 0 amide bonds. The topological polar surface area (TPSA) is 136 Å². The fraction of sp³-hybridized carbons (Fsp3) is 0. The first-order valence-corrected chi connectivity index (χ1v) is 45.6. The van der Waals surface area contributed by atoms with Crippen LogP contribution in [-0.2, 0) is 0 Å². The fourth-order valence-corrected chi connectivity index (χ4v) is 19.5. The van der Waals surface area contributed by atoms with Crippen LogP contribution in [0.5, 0.6) is 0 Å². The maximum atomic E-state index is 5.06. The molecular weight excluding hydrogens is 1660 g/mol. The Hall–Kier alpha value is -18.6. The Labute approximate surface area is 781 Å². The van der Waals surface area contributed by atoms with Crippen LogP contribution in [0.25, 0.3) is 245 Å². The number of para-hydroxylation sites is 5. The highest BCUT2D eigenvalue weighted by molar-refractivity contribution is 6.26. The first-order chi connectivity index (χ1) is 67.4. The van der Waals surface area contributed by atoms with Crippen LogP contribution in [0, 0.1) is 0 Å². The molecule has 27 aromatic rings. The highest BCUT2D eigenvalue weighted by Gasteiger charge is 2.25. The SMILES string of the molecule is c1ccc(-c2nc(-c3ccccc3)nc(-c3ccc(-n4c5ccccc5c5cc6ccccc6cc54)cc3)n2)cc1.c1ccc(-c2nc(-c3ccccc3)nc(-c3ccc(-n4c5ccccc5c5ccc6ccccc6c54)cc3)n2)cc1.c1ccc(-c2nc(-c3ccccc3)nc(-c3cccc(-n4c5ccccc5c5ccc6c(ccc7c8ccccc8n(-c8ccccc8)c76)c54)c3)n2)cc1. The van der Waals surface area contributed by atoms with Gasteiger partial charge in [-0.05, 0) is 125 Å². The Morgan fingerprint density at radius 2 is 0.353 bits per heavy atom.